The normalized spacial score (nSPS) is 21.0. The molecule has 1 fully saturated rings. The molecular weight excluding hydrogens is 454 g/mol. The second-order valence-electron chi connectivity index (χ2n) is 8.70. The van der Waals surface area contributed by atoms with Gasteiger partial charge in [-0.3, -0.25) is 14.5 Å². The van der Waals surface area contributed by atoms with Crippen molar-refractivity contribution >= 4 is 46.2 Å². The molecule has 1 saturated heterocycles. The largest absolute Gasteiger partial charge is 0.444 e. The highest BCUT2D eigenvalue weighted by Gasteiger charge is 2.33. The highest BCUT2D eigenvalue weighted by atomic mass is 32.2. The molecule has 2 amide bonds. The van der Waals surface area contributed by atoms with Gasteiger partial charge in [0.1, 0.15) is 6.10 Å². The van der Waals surface area contributed by atoms with Crippen molar-refractivity contribution in [2.24, 2.45) is 0 Å². The Bertz CT molecular complexity index is 1370. The third-order valence-corrected chi connectivity index (χ3v) is 7.59. The number of aromatic nitrogens is 2. The second-order valence-corrected chi connectivity index (χ2v) is 9.72. The summed E-state index contributed by atoms with van der Waals surface area (Å²) in [6.07, 6.45) is 2.39. The Morgan fingerprint density at radius 1 is 1.18 bits per heavy atom. The average Bonchev–Trinajstić information content (AvgIpc) is 3.40. The SMILES string of the molecule is O=C1CSc2ccc(N3C[C@@H](CCCN[C@H]4Cn5c(=O)cnc6cccc4c65)OC3=O)cc2N1. The minimum Gasteiger partial charge on any atom is -0.444 e. The van der Waals surface area contributed by atoms with Gasteiger partial charge in [0.2, 0.25) is 5.91 Å². The first-order valence-electron chi connectivity index (χ1n) is 11.3. The number of cyclic esters (lactones) is 1. The maximum Gasteiger partial charge on any atom is 0.414 e. The minimum absolute atomic E-state index is 0.0354. The van der Waals surface area contributed by atoms with Gasteiger partial charge in [-0.15, -0.1) is 11.8 Å². The van der Waals surface area contributed by atoms with Crippen LogP contribution in [0, 0.1) is 0 Å². The first kappa shape index (κ1) is 21.2. The number of thioether (sulfide) groups is 1. The minimum atomic E-state index is -0.363. The van der Waals surface area contributed by atoms with E-state index in [1.54, 1.807) is 9.47 Å². The lowest BCUT2D eigenvalue weighted by atomic mass is 10.1. The smallest absolute Gasteiger partial charge is 0.414 e. The van der Waals surface area contributed by atoms with Crippen LogP contribution in [0.2, 0.25) is 0 Å². The van der Waals surface area contributed by atoms with Gasteiger partial charge in [0.25, 0.3) is 5.56 Å². The summed E-state index contributed by atoms with van der Waals surface area (Å²) in [5.74, 6) is 0.371. The van der Waals surface area contributed by atoms with E-state index in [1.807, 2.05) is 36.4 Å². The Balaban J connectivity index is 1.05. The van der Waals surface area contributed by atoms with Gasteiger partial charge >= 0.3 is 6.09 Å². The lowest BCUT2D eigenvalue weighted by molar-refractivity contribution is -0.113. The predicted octanol–water partition coefficient (Wildman–Crippen LogP) is 2.89. The van der Waals surface area contributed by atoms with E-state index >= 15 is 0 Å². The molecule has 3 aliphatic rings. The van der Waals surface area contributed by atoms with Gasteiger partial charge in [0, 0.05) is 17.1 Å². The molecule has 10 heteroatoms. The lowest BCUT2D eigenvalue weighted by Gasteiger charge is -2.20. The van der Waals surface area contributed by atoms with Gasteiger partial charge in [-0.1, -0.05) is 12.1 Å². The van der Waals surface area contributed by atoms with Crippen LogP contribution in [-0.2, 0) is 16.1 Å². The van der Waals surface area contributed by atoms with Gasteiger partial charge < -0.3 is 19.9 Å². The number of para-hydroxylation sites is 1. The monoisotopic (exact) mass is 477 g/mol. The summed E-state index contributed by atoms with van der Waals surface area (Å²) in [5.41, 5.74) is 4.22. The Morgan fingerprint density at radius 3 is 3.00 bits per heavy atom. The van der Waals surface area contributed by atoms with Crippen LogP contribution in [0.4, 0.5) is 16.2 Å². The average molecular weight is 478 g/mol. The number of ether oxygens (including phenoxy) is 1. The molecule has 0 unspecified atom stereocenters. The lowest BCUT2D eigenvalue weighted by Crippen LogP contribution is -2.27. The summed E-state index contributed by atoms with van der Waals surface area (Å²) in [6, 6.07) is 11.7. The Kier molecular flexibility index (Phi) is 5.26. The maximum absolute atomic E-state index is 12.5. The first-order chi connectivity index (χ1) is 16.6. The molecule has 4 heterocycles. The number of fused-ring (bicyclic) bond motifs is 1. The van der Waals surface area contributed by atoms with E-state index < -0.39 is 0 Å². The quantitative estimate of drug-likeness (QED) is 0.526. The number of amides is 2. The van der Waals surface area contributed by atoms with Crippen molar-refractivity contribution in [1.82, 2.24) is 14.9 Å². The van der Waals surface area contributed by atoms with E-state index in [9.17, 15) is 14.4 Å². The second kappa shape index (κ2) is 8.44. The molecule has 1 aromatic heterocycles. The Morgan fingerprint density at radius 2 is 2.09 bits per heavy atom. The molecule has 3 aromatic rings. The van der Waals surface area contributed by atoms with Crippen molar-refractivity contribution < 1.29 is 14.3 Å². The number of carbonyl (C=O) groups excluding carboxylic acids is 2. The fraction of sp³-hybridized carbons (Fsp3) is 0.333. The van der Waals surface area contributed by atoms with Crippen LogP contribution < -0.4 is 21.1 Å². The van der Waals surface area contributed by atoms with E-state index in [1.165, 1.54) is 18.0 Å². The molecule has 0 spiro atoms. The standard InChI is InChI=1S/C24H23N5O4S/c30-21-13-34-20-7-6-14(9-18(20)27-21)28-11-15(33-24(28)32)3-2-8-25-19-12-29-22(31)10-26-17-5-1-4-16(19)23(17)29/h1,4-7,9-10,15,19,25H,2-3,8,11-13H2,(H,27,30)/t15-,19+/m1/s1. The van der Waals surface area contributed by atoms with Crippen LogP contribution in [0.5, 0.6) is 0 Å². The number of carbonyl (C=O) groups is 2. The van der Waals surface area contributed by atoms with Crippen LogP contribution in [0.1, 0.15) is 24.4 Å². The molecule has 9 nitrogen and oxygen atoms in total. The van der Waals surface area contributed by atoms with Gasteiger partial charge in [-0.25, -0.2) is 9.78 Å². The van der Waals surface area contributed by atoms with E-state index in [2.05, 4.69) is 15.6 Å². The molecule has 2 N–H and O–H groups in total. The fourth-order valence-electron chi connectivity index (χ4n) is 4.90. The van der Waals surface area contributed by atoms with Crippen LogP contribution >= 0.6 is 11.8 Å². The summed E-state index contributed by atoms with van der Waals surface area (Å²) in [7, 11) is 0. The van der Waals surface area contributed by atoms with Gasteiger partial charge in [0.05, 0.1) is 41.3 Å². The fourth-order valence-corrected chi connectivity index (χ4v) is 5.69. The maximum atomic E-state index is 12.5. The number of rotatable bonds is 6. The number of nitrogens with one attached hydrogen (secondary N) is 2. The molecule has 2 atom stereocenters. The summed E-state index contributed by atoms with van der Waals surface area (Å²) in [5, 5.41) is 6.41. The molecule has 0 aliphatic carbocycles. The predicted molar refractivity (Wildman–Crippen MR) is 129 cm³/mol. The first-order valence-corrected chi connectivity index (χ1v) is 12.3. The van der Waals surface area contributed by atoms with Crippen molar-refractivity contribution in [2.75, 3.05) is 29.1 Å². The van der Waals surface area contributed by atoms with Crippen molar-refractivity contribution in [3.8, 4) is 0 Å². The Hall–Kier alpha value is -3.37. The summed E-state index contributed by atoms with van der Waals surface area (Å²) in [4.78, 5) is 43.3. The highest BCUT2D eigenvalue weighted by molar-refractivity contribution is 8.00. The Labute approximate surface area is 199 Å². The molecular formula is C24H23N5O4S. The van der Waals surface area contributed by atoms with Crippen molar-refractivity contribution in [3.05, 3.63) is 58.5 Å². The number of benzene rings is 2. The van der Waals surface area contributed by atoms with E-state index in [4.69, 9.17) is 4.74 Å². The van der Waals surface area contributed by atoms with Crippen LogP contribution in [0.15, 0.2) is 52.3 Å². The number of hydrogen-bond acceptors (Lipinski definition) is 7. The third-order valence-electron chi connectivity index (χ3n) is 6.51. The van der Waals surface area contributed by atoms with Crippen molar-refractivity contribution in [3.63, 3.8) is 0 Å². The molecule has 0 saturated carbocycles. The van der Waals surface area contributed by atoms with E-state index in [0.29, 0.717) is 18.8 Å². The molecule has 174 valence electrons. The zero-order chi connectivity index (χ0) is 23.2. The number of nitrogens with zero attached hydrogens (tertiary/aromatic N) is 3. The van der Waals surface area contributed by atoms with Gasteiger partial charge in [-0.2, -0.15) is 0 Å². The van der Waals surface area contributed by atoms with E-state index in [0.717, 1.165) is 52.3 Å². The van der Waals surface area contributed by atoms with Crippen molar-refractivity contribution in [2.45, 2.75) is 36.4 Å². The molecule has 0 bridgehead atoms. The molecule has 2 aromatic carbocycles. The van der Waals surface area contributed by atoms with Crippen LogP contribution in [-0.4, -0.2) is 46.5 Å². The van der Waals surface area contributed by atoms with E-state index in [-0.39, 0.29) is 29.7 Å². The van der Waals surface area contributed by atoms with Crippen molar-refractivity contribution in [1.29, 1.82) is 0 Å². The van der Waals surface area contributed by atoms with Gasteiger partial charge in [0.15, 0.2) is 0 Å². The topological polar surface area (TPSA) is 106 Å². The third kappa shape index (κ3) is 3.72. The summed E-state index contributed by atoms with van der Waals surface area (Å²) < 4.78 is 7.37. The molecule has 3 aliphatic heterocycles. The molecule has 0 radical (unpaired) electrons. The zero-order valence-electron chi connectivity index (χ0n) is 18.3. The van der Waals surface area contributed by atoms with Crippen LogP contribution in [0.3, 0.4) is 0 Å². The zero-order valence-corrected chi connectivity index (χ0v) is 19.1. The highest BCUT2D eigenvalue weighted by Crippen LogP contribution is 2.36. The number of anilines is 2. The summed E-state index contributed by atoms with van der Waals surface area (Å²) >= 11 is 1.49. The number of hydrogen-bond donors (Lipinski definition) is 2. The van der Waals surface area contributed by atoms with Gasteiger partial charge in [-0.05, 0) is 49.2 Å². The van der Waals surface area contributed by atoms with Crippen LogP contribution in [0.25, 0.3) is 11.0 Å². The molecule has 6 rings (SSSR count). The molecule has 34 heavy (non-hydrogen) atoms. The summed E-state index contributed by atoms with van der Waals surface area (Å²) in [6.45, 7) is 1.82.